The van der Waals surface area contributed by atoms with Crippen molar-refractivity contribution < 1.29 is 17.6 Å². The van der Waals surface area contributed by atoms with Crippen LogP contribution in [0.3, 0.4) is 0 Å². The largest absolute Gasteiger partial charge is 0.369 e. The molecule has 2 aliphatic carbocycles. The number of hydrogen-bond donors (Lipinski definition) is 2. The summed E-state index contributed by atoms with van der Waals surface area (Å²) in [6, 6.07) is 6.71. The Morgan fingerprint density at radius 1 is 1.34 bits per heavy atom. The molecule has 2 heterocycles. The van der Waals surface area contributed by atoms with Crippen LogP contribution in [-0.2, 0) is 22.0 Å². The summed E-state index contributed by atoms with van der Waals surface area (Å²) in [5.41, 5.74) is 7.74. The zero-order chi connectivity index (χ0) is 23.1. The lowest BCUT2D eigenvalue weighted by atomic mass is 9.83. The number of aromatic nitrogens is 1. The molecule has 3 aliphatic rings. The van der Waals surface area contributed by atoms with Crippen molar-refractivity contribution in [3.05, 3.63) is 58.7 Å². The summed E-state index contributed by atoms with van der Waals surface area (Å²) in [6.07, 6.45) is 2.99. The number of nitrogens with zero attached hydrogens (tertiary/aromatic N) is 3. The van der Waals surface area contributed by atoms with Crippen molar-refractivity contribution in [3.8, 4) is 0 Å². The first kappa shape index (κ1) is 20.9. The van der Waals surface area contributed by atoms with E-state index >= 15 is 0 Å². The predicted molar refractivity (Wildman–Crippen MR) is 118 cm³/mol. The number of carbonyl (C=O) groups excluding carboxylic acids is 1. The summed E-state index contributed by atoms with van der Waals surface area (Å²) in [5.74, 6) is -1.04. The molecule has 1 saturated carbocycles. The molecule has 0 bridgehead atoms. The van der Waals surface area contributed by atoms with Gasteiger partial charge in [0.15, 0.2) is 0 Å². The second-order valence-corrected chi connectivity index (χ2v) is 11.2. The van der Waals surface area contributed by atoms with Gasteiger partial charge in [0.25, 0.3) is 5.91 Å². The lowest BCUT2D eigenvalue weighted by molar-refractivity contribution is 0.102. The quantitative estimate of drug-likeness (QED) is 0.718. The van der Waals surface area contributed by atoms with E-state index < -0.39 is 32.0 Å². The van der Waals surface area contributed by atoms with Crippen LogP contribution in [0, 0.1) is 18.7 Å². The van der Waals surface area contributed by atoms with E-state index in [0.717, 1.165) is 34.5 Å². The van der Waals surface area contributed by atoms with Gasteiger partial charge in [0.2, 0.25) is 16.0 Å². The maximum absolute atomic E-state index is 13.5. The fourth-order valence-electron chi connectivity index (χ4n) is 5.48. The minimum absolute atomic E-state index is 0.00620. The van der Waals surface area contributed by atoms with Crippen LogP contribution in [0.25, 0.3) is 0 Å². The Kier molecular flexibility index (Phi) is 4.24. The number of rotatable bonds is 2. The first-order chi connectivity index (χ1) is 15.0. The monoisotopic (exact) mass is 457 g/mol. The Hall–Kier alpha value is -3.01. The zero-order valence-electron chi connectivity index (χ0n) is 18.0. The second kappa shape index (κ2) is 6.50. The van der Waals surface area contributed by atoms with Gasteiger partial charge in [-0.2, -0.15) is 0 Å². The highest BCUT2D eigenvalue weighted by Gasteiger charge is 2.76. The molecule has 2 aromatic rings. The molecule has 3 N–H and O–H groups in total. The molecule has 1 aromatic heterocycles. The number of guanidine groups is 1. The first-order valence-corrected chi connectivity index (χ1v) is 11.9. The molecule has 1 fully saturated rings. The second-order valence-electron chi connectivity index (χ2n) is 8.99. The van der Waals surface area contributed by atoms with Crippen LogP contribution in [0.1, 0.15) is 46.9 Å². The van der Waals surface area contributed by atoms with Crippen molar-refractivity contribution in [2.75, 3.05) is 12.4 Å². The molecule has 8 nitrogen and oxygen atoms in total. The number of anilines is 1. The summed E-state index contributed by atoms with van der Waals surface area (Å²) in [7, 11) is -2.26. The van der Waals surface area contributed by atoms with Gasteiger partial charge in [0.05, 0.1) is 6.20 Å². The van der Waals surface area contributed by atoms with Gasteiger partial charge in [-0.15, -0.1) is 0 Å². The molecule has 1 amide bonds. The summed E-state index contributed by atoms with van der Waals surface area (Å²) >= 11 is 0. The Bertz CT molecular complexity index is 1310. The SMILES string of the molecule is Cc1cc(F)cnc1C(=O)Nc1ccc2c(c1)[C@@]1(C)N=C(N)N(C)S(=O)(=O)C13CC3CC2. The maximum atomic E-state index is 13.5. The van der Waals surface area contributed by atoms with Gasteiger partial charge in [-0.25, -0.2) is 27.1 Å². The van der Waals surface area contributed by atoms with Crippen molar-refractivity contribution in [2.24, 2.45) is 16.6 Å². The lowest BCUT2D eigenvalue weighted by Gasteiger charge is -2.43. The maximum Gasteiger partial charge on any atom is 0.274 e. The van der Waals surface area contributed by atoms with Gasteiger partial charge >= 0.3 is 0 Å². The molecule has 10 heteroatoms. The van der Waals surface area contributed by atoms with Gasteiger partial charge < -0.3 is 11.1 Å². The Morgan fingerprint density at radius 3 is 2.81 bits per heavy atom. The average Bonchev–Trinajstić information content (AvgIpc) is 3.48. The molecular formula is C22H24FN5O3S. The number of nitrogens with two attached hydrogens (primary N) is 1. The van der Waals surface area contributed by atoms with E-state index in [9.17, 15) is 17.6 Å². The van der Waals surface area contributed by atoms with Crippen molar-refractivity contribution in [2.45, 2.75) is 43.4 Å². The first-order valence-electron chi connectivity index (χ1n) is 10.4. The molecular weight excluding hydrogens is 433 g/mol. The van der Waals surface area contributed by atoms with Crippen LogP contribution in [-0.4, -0.2) is 41.4 Å². The number of pyridine rings is 1. The third kappa shape index (κ3) is 2.58. The van der Waals surface area contributed by atoms with Crippen LogP contribution in [0.5, 0.6) is 0 Å². The third-order valence-electron chi connectivity index (χ3n) is 7.27. The number of aryl methyl sites for hydroxylation is 2. The van der Waals surface area contributed by atoms with Crippen molar-refractivity contribution in [1.29, 1.82) is 0 Å². The van der Waals surface area contributed by atoms with Gasteiger partial charge in [-0.3, -0.25) is 4.79 Å². The fraction of sp³-hybridized carbons (Fsp3) is 0.409. The molecule has 1 spiro atoms. The van der Waals surface area contributed by atoms with Gasteiger partial charge in [0, 0.05) is 12.7 Å². The Morgan fingerprint density at radius 2 is 2.09 bits per heavy atom. The highest BCUT2D eigenvalue weighted by atomic mass is 32.2. The van der Waals surface area contributed by atoms with E-state index in [2.05, 4.69) is 10.3 Å². The number of nitrogens with one attached hydrogen (secondary N) is 1. The molecule has 1 aromatic carbocycles. The normalized spacial score (nSPS) is 29.7. The van der Waals surface area contributed by atoms with E-state index in [4.69, 9.17) is 10.7 Å². The van der Waals surface area contributed by atoms with E-state index in [1.165, 1.54) is 13.1 Å². The molecule has 3 atom stereocenters. The number of fused-ring (bicyclic) bond motifs is 2. The number of carbonyl (C=O) groups is 1. The molecule has 5 rings (SSSR count). The van der Waals surface area contributed by atoms with Crippen LogP contribution >= 0.6 is 0 Å². The van der Waals surface area contributed by atoms with Gasteiger partial charge in [-0.1, -0.05) is 6.07 Å². The van der Waals surface area contributed by atoms with Crippen LogP contribution < -0.4 is 11.1 Å². The van der Waals surface area contributed by atoms with Crippen molar-refractivity contribution in [1.82, 2.24) is 9.29 Å². The highest BCUT2D eigenvalue weighted by molar-refractivity contribution is 7.91. The average molecular weight is 458 g/mol. The van der Waals surface area contributed by atoms with E-state index in [1.54, 1.807) is 19.1 Å². The number of halogens is 1. The van der Waals surface area contributed by atoms with Crippen LogP contribution in [0.2, 0.25) is 0 Å². The molecule has 0 saturated heterocycles. The zero-order valence-corrected chi connectivity index (χ0v) is 18.8. The van der Waals surface area contributed by atoms with Crippen LogP contribution in [0.4, 0.5) is 10.1 Å². The number of sulfonamides is 1. The lowest BCUT2D eigenvalue weighted by Crippen LogP contribution is -2.58. The standard InChI is InChI=1S/C22H24FN5O3S/c1-12-8-15(23)11-25-18(12)19(29)26-16-7-5-13-4-6-14-10-22(14)21(2,17(13)9-16)27-20(24)28(3)32(22,30)31/h5,7-9,11,14H,4,6,10H2,1-3H3,(H2,24,27)(H,26,29)/t14?,21-,22?/m1/s1. The highest BCUT2D eigenvalue weighted by Crippen LogP contribution is 2.67. The summed E-state index contributed by atoms with van der Waals surface area (Å²) in [5, 5.41) is 2.81. The van der Waals surface area contributed by atoms with Gasteiger partial charge in [-0.05, 0) is 73.9 Å². The molecule has 168 valence electrons. The minimum atomic E-state index is -3.71. The molecule has 32 heavy (non-hydrogen) atoms. The number of hydrogen-bond acceptors (Lipinski definition) is 6. The Balaban J connectivity index is 1.59. The molecule has 1 aliphatic heterocycles. The number of benzene rings is 1. The predicted octanol–water partition coefficient (Wildman–Crippen LogP) is 2.29. The number of amides is 1. The van der Waals surface area contributed by atoms with E-state index in [-0.39, 0.29) is 17.6 Å². The van der Waals surface area contributed by atoms with E-state index in [0.29, 0.717) is 17.7 Å². The van der Waals surface area contributed by atoms with Gasteiger partial charge in [0.1, 0.15) is 21.8 Å². The summed E-state index contributed by atoms with van der Waals surface area (Å²) < 4.78 is 40.3. The minimum Gasteiger partial charge on any atom is -0.369 e. The molecule has 0 radical (unpaired) electrons. The third-order valence-corrected chi connectivity index (χ3v) is 10.00. The summed E-state index contributed by atoms with van der Waals surface area (Å²) in [6.45, 7) is 3.44. The Labute approximate surface area is 185 Å². The van der Waals surface area contributed by atoms with Crippen molar-refractivity contribution in [3.63, 3.8) is 0 Å². The van der Waals surface area contributed by atoms with Crippen LogP contribution in [0.15, 0.2) is 35.5 Å². The summed E-state index contributed by atoms with van der Waals surface area (Å²) in [4.78, 5) is 21.4. The smallest absolute Gasteiger partial charge is 0.274 e. The van der Waals surface area contributed by atoms with Crippen molar-refractivity contribution >= 4 is 27.6 Å². The number of aliphatic imine (C=N–C) groups is 1. The topological polar surface area (TPSA) is 118 Å². The van der Waals surface area contributed by atoms with E-state index in [1.807, 2.05) is 13.0 Å². The molecule has 2 unspecified atom stereocenters. The fourth-order valence-corrected chi connectivity index (χ4v) is 7.86.